The molecular weight excluding hydrogens is 887 g/mol. The van der Waals surface area contributed by atoms with E-state index in [1.165, 1.54) is 276 Å². The third-order valence-corrected chi connectivity index (χ3v) is 15.3. The Morgan fingerprint density at radius 2 is 0.694 bits per heavy atom. The molecule has 0 fully saturated rings. The van der Waals surface area contributed by atoms with Crippen LogP contribution in [0.15, 0.2) is 24.3 Å². The molecule has 72 heavy (non-hydrogen) atoms. The van der Waals surface area contributed by atoms with Crippen molar-refractivity contribution in [3.8, 4) is 0 Å². The summed E-state index contributed by atoms with van der Waals surface area (Å²) in [6.07, 6.45) is 76.2. The fourth-order valence-electron chi connectivity index (χ4n) is 10.3. The number of allylic oxidation sites excluding steroid dienone is 4. The molecule has 0 aromatic heterocycles. The van der Waals surface area contributed by atoms with Crippen LogP contribution in [0.3, 0.4) is 0 Å². The number of carbonyl (C=O) groups excluding carboxylic acids is 2. The Kier molecular flexibility index (Phi) is 60.5. The lowest BCUT2D eigenvalue weighted by Crippen LogP contribution is -2.45. The van der Waals surface area contributed by atoms with Gasteiger partial charge >= 0.3 is 5.97 Å². The summed E-state index contributed by atoms with van der Waals surface area (Å²) in [7, 11) is 0. The molecule has 0 saturated heterocycles. The van der Waals surface area contributed by atoms with Crippen LogP contribution in [0.1, 0.15) is 361 Å². The molecule has 0 heterocycles. The lowest BCUT2D eigenvalue weighted by Gasteiger charge is -2.22. The maximum atomic E-state index is 12.5. The lowest BCUT2D eigenvalue weighted by atomic mass is 10.0. The Balaban J connectivity index is 3.42. The van der Waals surface area contributed by atoms with E-state index < -0.39 is 12.1 Å². The van der Waals surface area contributed by atoms with Crippen LogP contribution in [0.2, 0.25) is 0 Å². The Hall–Kier alpha value is -1.66. The number of aliphatic hydroxyl groups is 2. The molecular formula is C66H127NO5. The molecule has 3 N–H and O–H groups in total. The average Bonchev–Trinajstić information content (AvgIpc) is 3.38. The van der Waals surface area contributed by atoms with Crippen molar-refractivity contribution < 1.29 is 24.5 Å². The maximum Gasteiger partial charge on any atom is 0.305 e. The number of unbranched alkanes of at least 4 members (excludes halogenated alkanes) is 46. The highest BCUT2D eigenvalue weighted by Crippen LogP contribution is 2.18. The second kappa shape index (κ2) is 61.9. The molecule has 6 heteroatoms. The summed E-state index contributed by atoms with van der Waals surface area (Å²) in [5.74, 6) is -0.0440. The van der Waals surface area contributed by atoms with Gasteiger partial charge in [0, 0.05) is 12.8 Å². The van der Waals surface area contributed by atoms with Crippen molar-refractivity contribution in [3.05, 3.63) is 24.3 Å². The summed E-state index contributed by atoms with van der Waals surface area (Å²) in [6.45, 7) is 4.95. The fourth-order valence-corrected chi connectivity index (χ4v) is 10.3. The first-order valence-electron chi connectivity index (χ1n) is 32.6. The predicted molar refractivity (Wildman–Crippen MR) is 315 cm³/mol. The monoisotopic (exact) mass is 1010 g/mol. The number of rotatable bonds is 61. The molecule has 0 aromatic rings. The zero-order chi connectivity index (χ0) is 52.2. The Labute approximate surface area is 450 Å². The first kappa shape index (κ1) is 70.3. The number of hydrogen-bond acceptors (Lipinski definition) is 5. The number of esters is 1. The zero-order valence-electron chi connectivity index (χ0n) is 48.7. The Morgan fingerprint density at radius 1 is 0.389 bits per heavy atom. The van der Waals surface area contributed by atoms with Crippen molar-refractivity contribution in [2.75, 3.05) is 13.2 Å². The van der Waals surface area contributed by atoms with Gasteiger partial charge in [0.15, 0.2) is 0 Å². The summed E-state index contributed by atoms with van der Waals surface area (Å²) in [4.78, 5) is 24.6. The average molecular weight is 1010 g/mol. The van der Waals surface area contributed by atoms with Crippen molar-refractivity contribution >= 4 is 11.9 Å². The van der Waals surface area contributed by atoms with Gasteiger partial charge in [0.25, 0.3) is 0 Å². The molecule has 0 aliphatic carbocycles. The molecule has 1 amide bonds. The summed E-state index contributed by atoms with van der Waals surface area (Å²) in [5, 5.41) is 23.4. The highest BCUT2D eigenvalue weighted by atomic mass is 16.5. The minimum Gasteiger partial charge on any atom is -0.466 e. The number of nitrogens with one attached hydrogen (secondary N) is 1. The van der Waals surface area contributed by atoms with Crippen LogP contribution in [-0.2, 0) is 14.3 Å². The minimum atomic E-state index is -0.669. The number of amides is 1. The van der Waals surface area contributed by atoms with Crippen molar-refractivity contribution in [3.63, 3.8) is 0 Å². The fraction of sp³-hybridized carbons (Fsp3) is 0.909. The van der Waals surface area contributed by atoms with Gasteiger partial charge in [-0.05, 0) is 57.8 Å². The van der Waals surface area contributed by atoms with E-state index in [4.69, 9.17) is 4.74 Å². The quantitative estimate of drug-likeness (QED) is 0.0320. The SMILES string of the molecule is CCCCCC/C=C\C/C=C\CCCCCCCC(=O)OCCCCCCCCCCCCCCCCCCCC(=O)NC(CO)C(O)CCCCCCCCCCCCCCCCCCCCCCCC. The maximum absolute atomic E-state index is 12.5. The van der Waals surface area contributed by atoms with Gasteiger partial charge in [0.2, 0.25) is 5.91 Å². The smallest absolute Gasteiger partial charge is 0.305 e. The van der Waals surface area contributed by atoms with E-state index in [-0.39, 0.29) is 18.5 Å². The van der Waals surface area contributed by atoms with Gasteiger partial charge in [0.05, 0.1) is 25.4 Å². The second-order valence-electron chi connectivity index (χ2n) is 22.5. The predicted octanol–water partition coefficient (Wildman–Crippen LogP) is 20.6. The molecule has 426 valence electrons. The van der Waals surface area contributed by atoms with E-state index in [1.807, 2.05) is 0 Å². The largest absolute Gasteiger partial charge is 0.466 e. The third-order valence-electron chi connectivity index (χ3n) is 15.3. The number of hydrogen-bond donors (Lipinski definition) is 3. The van der Waals surface area contributed by atoms with Gasteiger partial charge in [-0.1, -0.05) is 314 Å². The van der Waals surface area contributed by atoms with Gasteiger partial charge < -0.3 is 20.3 Å². The molecule has 2 atom stereocenters. The molecule has 0 radical (unpaired) electrons. The van der Waals surface area contributed by atoms with Gasteiger partial charge in [-0.3, -0.25) is 9.59 Å². The van der Waals surface area contributed by atoms with Crippen molar-refractivity contribution in [2.24, 2.45) is 0 Å². The van der Waals surface area contributed by atoms with Gasteiger partial charge in [-0.25, -0.2) is 0 Å². The Morgan fingerprint density at radius 3 is 1.07 bits per heavy atom. The van der Waals surface area contributed by atoms with Crippen molar-refractivity contribution in [1.82, 2.24) is 5.32 Å². The van der Waals surface area contributed by atoms with E-state index in [0.717, 1.165) is 51.4 Å². The van der Waals surface area contributed by atoms with Crippen LogP contribution >= 0.6 is 0 Å². The third kappa shape index (κ3) is 57.6. The topological polar surface area (TPSA) is 95.9 Å². The number of aliphatic hydroxyl groups excluding tert-OH is 2. The van der Waals surface area contributed by atoms with Gasteiger partial charge in [-0.2, -0.15) is 0 Å². The molecule has 0 aliphatic heterocycles. The molecule has 0 rings (SSSR count). The van der Waals surface area contributed by atoms with Crippen LogP contribution < -0.4 is 5.32 Å². The van der Waals surface area contributed by atoms with E-state index in [1.54, 1.807) is 0 Å². The van der Waals surface area contributed by atoms with Crippen LogP contribution in [0, 0.1) is 0 Å². The number of ether oxygens (including phenoxy) is 1. The van der Waals surface area contributed by atoms with Gasteiger partial charge in [-0.15, -0.1) is 0 Å². The second-order valence-corrected chi connectivity index (χ2v) is 22.5. The van der Waals surface area contributed by atoms with Crippen LogP contribution in [-0.4, -0.2) is 47.4 Å². The van der Waals surface area contributed by atoms with Crippen molar-refractivity contribution in [1.29, 1.82) is 0 Å². The lowest BCUT2D eigenvalue weighted by molar-refractivity contribution is -0.143. The van der Waals surface area contributed by atoms with Gasteiger partial charge in [0.1, 0.15) is 0 Å². The van der Waals surface area contributed by atoms with Crippen LogP contribution in [0.4, 0.5) is 0 Å². The molecule has 2 unspecified atom stereocenters. The number of carbonyl (C=O) groups is 2. The van der Waals surface area contributed by atoms with E-state index >= 15 is 0 Å². The normalized spacial score (nSPS) is 12.7. The first-order valence-corrected chi connectivity index (χ1v) is 32.6. The molecule has 0 spiro atoms. The summed E-state index contributed by atoms with van der Waals surface area (Å²) >= 11 is 0. The molecule has 0 aromatic carbocycles. The van der Waals surface area contributed by atoms with Crippen LogP contribution in [0.5, 0.6) is 0 Å². The zero-order valence-corrected chi connectivity index (χ0v) is 48.7. The Bertz CT molecular complexity index is 1120. The summed E-state index contributed by atoms with van der Waals surface area (Å²) < 4.78 is 5.48. The van der Waals surface area contributed by atoms with E-state index in [0.29, 0.717) is 25.9 Å². The highest BCUT2D eigenvalue weighted by Gasteiger charge is 2.20. The first-order chi connectivity index (χ1) is 35.5. The molecule has 0 bridgehead atoms. The van der Waals surface area contributed by atoms with Crippen LogP contribution in [0.25, 0.3) is 0 Å². The molecule has 0 saturated carbocycles. The molecule has 6 nitrogen and oxygen atoms in total. The highest BCUT2D eigenvalue weighted by molar-refractivity contribution is 5.76. The summed E-state index contributed by atoms with van der Waals surface area (Å²) in [6, 6.07) is -0.547. The van der Waals surface area contributed by atoms with E-state index in [9.17, 15) is 19.8 Å². The summed E-state index contributed by atoms with van der Waals surface area (Å²) in [5.41, 5.74) is 0. The minimum absolute atomic E-state index is 0.00711. The van der Waals surface area contributed by atoms with E-state index in [2.05, 4.69) is 43.5 Å². The standard InChI is InChI=1S/C66H127NO5/c1-3-5-7-9-11-13-15-17-19-21-22-23-24-25-27-30-34-38-42-46-50-54-58-64(69)63(62-68)67-65(70)59-55-51-47-43-39-35-31-28-26-29-33-37-41-45-49-53-57-61-72-66(71)60-56-52-48-44-40-36-32-20-18-16-14-12-10-8-6-4-2/h14,16,20,32,63-64,68-69H,3-13,15,17-19,21-31,33-62H2,1-2H3,(H,67,70)/b16-14-,32-20-. The van der Waals surface area contributed by atoms with Crippen molar-refractivity contribution in [2.45, 2.75) is 373 Å². The molecule has 0 aliphatic rings.